The summed E-state index contributed by atoms with van der Waals surface area (Å²) in [6, 6.07) is 8.46. The fourth-order valence-electron chi connectivity index (χ4n) is 1.57. The van der Waals surface area contributed by atoms with E-state index >= 15 is 0 Å². The highest BCUT2D eigenvalue weighted by Gasteiger charge is 2.11. The number of nitrogens with one attached hydrogen (secondary N) is 1. The molecule has 0 atom stereocenters. The van der Waals surface area contributed by atoms with E-state index in [1.165, 1.54) is 17.0 Å². The van der Waals surface area contributed by atoms with Gasteiger partial charge in [0.15, 0.2) is 0 Å². The molecule has 1 N–H and O–H groups in total. The van der Waals surface area contributed by atoms with E-state index in [9.17, 15) is 9.18 Å². The number of carbonyl (C=O) groups is 1. The lowest BCUT2D eigenvalue weighted by Gasteiger charge is -2.06. The molecule has 0 radical (unpaired) electrons. The Morgan fingerprint density at radius 2 is 2.25 bits per heavy atom. The van der Waals surface area contributed by atoms with E-state index in [0.717, 1.165) is 11.5 Å². The molecule has 2 nitrogen and oxygen atoms in total. The second-order valence-corrected chi connectivity index (χ2v) is 7.07. The first-order valence-electron chi connectivity index (χ1n) is 6.00. The summed E-state index contributed by atoms with van der Waals surface area (Å²) in [5.41, 5.74) is 0.0719. The van der Waals surface area contributed by atoms with Gasteiger partial charge in [0.1, 0.15) is 5.82 Å². The zero-order valence-corrected chi connectivity index (χ0v) is 13.8. The van der Waals surface area contributed by atoms with Gasteiger partial charge >= 0.3 is 0 Å². The third-order valence-electron chi connectivity index (χ3n) is 2.53. The largest absolute Gasteiger partial charge is 0.351 e. The van der Waals surface area contributed by atoms with Gasteiger partial charge in [0.05, 0.1) is 5.56 Å². The molecule has 6 heteroatoms. The van der Waals surface area contributed by atoms with Gasteiger partial charge in [-0.25, -0.2) is 4.39 Å². The molecule has 0 saturated heterocycles. The molecule has 0 aliphatic rings. The van der Waals surface area contributed by atoms with Crippen molar-refractivity contribution < 1.29 is 9.18 Å². The van der Waals surface area contributed by atoms with Gasteiger partial charge in [-0.1, -0.05) is 22.0 Å². The van der Waals surface area contributed by atoms with Gasteiger partial charge in [0, 0.05) is 27.4 Å². The van der Waals surface area contributed by atoms with Crippen LogP contribution in [0.2, 0.25) is 0 Å². The SMILES string of the molecule is O=C(NCCSCc1cccs1)c1cc(Br)ccc1F. The standard InChI is InChI=1S/C14H13BrFNOS2/c15-10-3-4-13(16)12(8-10)14(18)17-5-7-19-9-11-2-1-6-20-11/h1-4,6,8H,5,7,9H2,(H,17,18). The van der Waals surface area contributed by atoms with Crippen LogP contribution in [-0.4, -0.2) is 18.2 Å². The monoisotopic (exact) mass is 373 g/mol. The summed E-state index contributed by atoms with van der Waals surface area (Å²) in [6.45, 7) is 0.529. The minimum absolute atomic E-state index is 0.0719. The summed E-state index contributed by atoms with van der Waals surface area (Å²) in [5, 5.41) is 4.78. The lowest BCUT2D eigenvalue weighted by Crippen LogP contribution is -2.26. The van der Waals surface area contributed by atoms with Crippen LogP contribution in [0, 0.1) is 5.82 Å². The summed E-state index contributed by atoms with van der Waals surface area (Å²) >= 11 is 6.70. The molecule has 0 unspecified atom stereocenters. The van der Waals surface area contributed by atoms with Crippen LogP contribution in [0.3, 0.4) is 0 Å². The summed E-state index contributed by atoms with van der Waals surface area (Å²) in [7, 11) is 0. The van der Waals surface area contributed by atoms with Crippen molar-refractivity contribution in [2.75, 3.05) is 12.3 Å². The Morgan fingerprint density at radius 1 is 1.40 bits per heavy atom. The maximum Gasteiger partial charge on any atom is 0.254 e. The molecular formula is C14H13BrFNOS2. The van der Waals surface area contributed by atoms with Crippen LogP contribution in [0.1, 0.15) is 15.2 Å². The van der Waals surface area contributed by atoms with E-state index < -0.39 is 5.82 Å². The molecule has 0 fully saturated rings. The van der Waals surface area contributed by atoms with Crippen molar-refractivity contribution in [1.29, 1.82) is 0 Å². The highest BCUT2D eigenvalue weighted by atomic mass is 79.9. The molecule has 0 bridgehead atoms. The van der Waals surface area contributed by atoms with Gasteiger partial charge in [-0.3, -0.25) is 4.79 Å². The van der Waals surface area contributed by atoms with E-state index in [1.54, 1.807) is 29.2 Å². The minimum atomic E-state index is -0.503. The Hall–Kier alpha value is -0.850. The fourth-order valence-corrected chi connectivity index (χ4v) is 3.63. The number of hydrogen-bond acceptors (Lipinski definition) is 3. The molecule has 0 spiro atoms. The van der Waals surface area contributed by atoms with Crippen LogP contribution in [0.5, 0.6) is 0 Å². The molecule has 0 aliphatic carbocycles. The Labute approximate surface area is 133 Å². The predicted molar refractivity (Wildman–Crippen MR) is 86.9 cm³/mol. The number of thiophene rings is 1. The molecular weight excluding hydrogens is 361 g/mol. The fraction of sp³-hybridized carbons (Fsp3) is 0.214. The van der Waals surface area contributed by atoms with Crippen LogP contribution in [0.4, 0.5) is 4.39 Å². The first-order valence-corrected chi connectivity index (χ1v) is 8.83. The first kappa shape index (κ1) is 15.5. The lowest BCUT2D eigenvalue weighted by molar-refractivity contribution is 0.0952. The molecule has 2 aromatic rings. The van der Waals surface area contributed by atoms with Gasteiger partial charge in [0.25, 0.3) is 5.91 Å². The number of hydrogen-bond donors (Lipinski definition) is 1. The number of amides is 1. The molecule has 1 aromatic carbocycles. The van der Waals surface area contributed by atoms with Crippen molar-refractivity contribution in [3.8, 4) is 0 Å². The number of thioether (sulfide) groups is 1. The second kappa shape index (κ2) is 7.81. The maximum absolute atomic E-state index is 13.5. The topological polar surface area (TPSA) is 29.1 Å². The minimum Gasteiger partial charge on any atom is -0.351 e. The van der Waals surface area contributed by atoms with Crippen molar-refractivity contribution in [3.63, 3.8) is 0 Å². The second-order valence-electron chi connectivity index (χ2n) is 4.01. The maximum atomic E-state index is 13.5. The number of halogens is 2. The predicted octanol–water partition coefficient (Wildman–Crippen LogP) is 4.31. The highest BCUT2D eigenvalue weighted by molar-refractivity contribution is 9.10. The van der Waals surface area contributed by atoms with Gasteiger partial charge in [-0.2, -0.15) is 11.8 Å². The third-order valence-corrected chi connectivity index (χ3v) is 5.09. The molecule has 1 heterocycles. The molecule has 0 aliphatic heterocycles. The summed E-state index contributed by atoms with van der Waals surface area (Å²) in [4.78, 5) is 13.1. The van der Waals surface area contributed by atoms with E-state index in [4.69, 9.17) is 0 Å². The number of rotatable bonds is 6. The first-order chi connectivity index (χ1) is 9.66. The Kier molecular flexibility index (Phi) is 6.06. The van der Waals surface area contributed by atoms with Crippen LogP contribution >= 0.6 is 39.0 Å². The molecule has 0 saturated carbocycles. The Morgan fingerprint density at radius 3 is 3.00 bits per heavy atom. The average Bonchev–Trinajstić information content (AvgIpc) is 2.94. The van der Waals surface area contributed by atoms with Crippen molar-refractivity contribution in [2.45, 2.75) is 5.75 Å². The van der Waals surface area contributed by atoms with E-state index in [-0.39, 0.29) is 11.5 Å². The zero-order chi connectivity index (χ0) is 14.4. The van der Waals surface area contributed by atoms with Crippen LogP contribution in [-0.2, 0) is 5.75 Å². The zero-order valence-electron chi connectivity index (χ0n) is 10.6. The molecule has 20 heavy (non-hydrogen) atoms. The van der Waals surface area contributed by atoms with E-state index in [1.807, 2.05) is 11.4 Å². The quantitative estimate of drug-likeness (QED) is 0.764. The van der Waals surface area contributed by atoms with Crippen LogP contribution in [0.15, 0.2) is 40.2 Å². The molecule has 2 rings (SSSR count). The number of carbonyl (C=O) groups excluding carboxylic acids is 1. The Bertz CT molecular complexity index is 575. The smallest absolute Gasteiger partial charge is 0.254 e. The molecule has 106 valence electrons. The van der Waals surface area contributed by atoms with Gasteiger partial charge in [0.2, 0.25) is 0 Å². The van der Waals surface area contributed by atoms with Crippen molar-refractivity contribution in [2.24, 2.45) is 0 Å². The normalized spacial score (nSPS) is 10.5. The van der Waals surface area contributed by atoms with E-state index in [2.05, 4.69) is 27.3 Å². The average molecular weight is 374 g/mol. The van der Waals surface area contributed by atoms with Crippen molar-refractivity contribution in [1.82, 2.24) is 5.32 Å². The van der Waals surface area contributed by atoms with Crippen LogP contribution < -0.4 is 5.32 Å². The summed E-state index contributed by atoms with van der Waals surface area (Å²) < 4.78 is 14.2. The summed E-state index contributed by atoms with van der Waals surface area (Å²) in [6.07, 6.45) is 0. The number of benzene rings is 1. The van der Waals surface area contributed by atoms with Gasteiger partial charge in [-0.05, 0) is 29.6 Å². The van der Waals surface area contributed by atoms with Gasteiger partial charge in [-0.15, -0.1) is 11.3 Å². The van der Waals surface area contributed by atoms with E-state index in [0.29, 0.717) is 11.0 Å². The lowest BCUT2D eigenvalue weighted by atomic mass is 10.2. The molecule has 1 aromatic heterocycles. The Balaban J connectivity index is 1.73. The van der Waals surface area contributed by atoms with Crippen LogP contribution in [0.25, 0.3) is 0 Å². The highest BCUT2D eigenvalue weighted by Crippen LogP contribution is 2.17. The molecule has 1 amide bonds. The van der Waals surface area contributed by atoms with Crippen molar-refractivity contribution in [3.05, 3.63) is 56.4 Å². The third kappa shape index (κ3) is 4.61. The van der Waals surface area contributed by atoms with Crippen molar-refractivity contribution >= 4 is 44.9 Å². The summed E-state index contributed by atoms with van der Waals surface area (Å²) in [5.74, 6) is 0.871. The van der Waals surface area contributed by atoms with Gasteiger partial charge < -0.3 is 5.32 Å².